The van der Waals surface area contributed by atoms with Crippen LogP contribution in [0, 0.1) is 5.92 Å². The number of carboxylic acids is 1. The number of anilines is 1. The summed E-state index contributed by atoms with van der Waals surface area (Å²) in [4.78, 5) is 54.8. The molecule has 4 amide bonds. The topological polar surface area (TPSA) is 133 Å². The minimum atomic E-state index is -1.21. The summed E-state index contributed by atoms with van der Waals surface area (Å²) in [6.45, 7) is 7.20. The van der Waals surface area contributed by atoms with Crippen molar-refractivity contribution in [2.24, 2.45) is 5.92 Å². The molecule has 0 radical (unpaired) electrons. The summed E-state index contributed by atoms with van der Waals surface area (Å²) < 4.78 is 0. The highest BCUT2D eigenvalue weighted by atomic mass is 16.4. The SMILES string of the molecule is CC(C)CC(C(=O)NC(Cc1ccccc1)C(=O)O)N1C(=O)N(Cc2ccc(N)cc2)C(C)(C)C1=O. The molecule has 2 unspecified atom stereocenters. The molecule has 0 bridgehead atoms. The summed E-state index contributed by atoms with van der Waals surface area (Å²) >= 11 is 0. The molecule has 0 spiro atoms. The van der Waals surface area contributed by atoms with E-state index in [0.29, 0.717) is 5.69 Å². The maximum Gasteiger partial charge on any atom is 0.328 e. The van der Waals surface area contributed by atoms with E-state index in [9.17, 15) is 24.3 Å². The van der Waals surface area contributed by atoms with E-state index in [1.165, 1.54) is 4.90 Å². The lowest BCUT2D eigenvalue weighted by Gasteiger charge is -2.28. The van der Waals surface area contributed by atoms with E-state index in [1.54, 1.807) is 62.4 Å². The summed E-state index contributed by atoms with van der Waals surface area (Å²) in [5, 5.41) is 12.3. The maximum absolute atomic E-state index is 13.6. The van der Waals surface area contributed by atoms with Gasteiger partial charge in [-0.15, -0.1) is 0 Å². The molecule has 36 heavy (non-hydrogen) atoms. The molecule has 1 aliphatic heterocycles. The highest BCUT2D eigenvalue weighted by Crippen LogP contribution is 2.32. The molecule has 3 rings (SSSR count). The average molecular weight is 495 g/mol. The number of carboxylic acid groups (broad SMARTS) is 1. The summed E-state index contributed by atoms with van der Waals surface area (Å²) in [6.07, 6.45) is 0.278. The molecule has 1 saturated heterocycles. The van der Waals surface area contributed by atoms with Gasteiger partial charge >= 0.3 is 12.0 Å². The van der Waals surface area contributed by atoms with E-state index in [-0.39, 0.29) is 25.3 Å². The molecule has 2 aromatic carbocycles. The second-order valence-electron chi connectivity index (χ2n) is 10.1. The smallest absolute Gasteiger partial charge is 0.328 e. The first-order valence-corrected chi connectivity index (χ1v) is 12.0. The third-order valence-electron chi connectivity index (χ3n) is 6.38. The van der Waals surface area contributed by atoms with Gasteiger partial charge in [0.1, 0.15) is 17.6 Å². The lowest BCUT2D eigenvalue weighted by Crippen LogP contribution is -2.55. The van der Waals surface area contributed by atoms with Crippen LogP contribution in [0.5, 0.6) is 0 Å². The lowest BCUT2D eigenvalue weighted by atomic mass is 9.98. The Labute approximate surface area is 211 Å². The molecule has 2 atom stereocenters. The van der Waals surface area contributed by atoms with Gasteiger partial charge < -0.3 is 21.1 Å². The molecule has 0 aromatic heterocycles. The monoisotopic (exact) mass is 494 g/mol. The zero-order chi connectivity index (χ0) is 26.6. The van der Waals surface area contributed by atoms with E-state index < -0.39 is 41.4 Å². The number of carbonyl (C=O) groups is 4. The van der Waals surface area contributed by atoms with E-state index in [4.69, 9.17) is 5.73 Å². The number of benzene rings is 2. The molecule has 9 heteroatoms. The summed E-state index contributed by atoms with van der Waals surface area (Å²) in [7, 11) is 0. The number of hydrogen-bond donors (Lipinski definition) is 3. The number of nitrogens with one attached hydrogen (secondary N) is 1. The fraction of sp³-hybridized carbons (Fsp3) is 0.407. The largest absolute Gasteiger partial charge is 0.480 e. The predicted octanol–water partition coefficient (Wildman–Crippen LogP) is 3.04. The van der Waals surface area contributed by atoms with Crippen LogP contribution in [0.4, 0.5) is 10.5 Å². The number of hydrogen-bond acceptors (Lipinski definition) is 5. The Balaban J connectivity index is 1.87. The minimum Gasteiger partial charge on any atom is -0.480 e. The van der Waals surface area contributed by atoms with Gasteiger partial charge in [-0.3, -0.25) is 9.59 Å². The van der Waals surface area contributed by atoms with E-state index in [2.05, 4.69) is 5.32 Å². The van der Waals surface area contributed by atoms with Crippen molar-refractivity contribution >= 4 is 29.5 Å². The van der Waals surface area contributed by atoms with Crippen LogP contribution in [-0.2, 0) is 27.3 Å². The van der Waals surface area contributed by atoms with Gasteiger partial charge in [0, 0.05) is 18.7 Å². The van der Waals surface area contributed by atoms with Crippen molar-refractivity contribution in [2.45, 2.75) is 64.7 Å². The van der Waals surface area contributed by atoms with Gasteiger partial charge in [-0.2, -0.15) is 0 Å². The van der Waals surface area contributed by atoms with Gasteiger partial charge in [0.05, 0.1) is 0 Å². The molecule has 1 heterocycles. The van der Waals surface area contributed by atoms with E-state index >= 15 is 0 Å². The van der Waals surface area contributed by atoms with Crippen LogP contribution in [0.15, 0.2) is 54.6 Å². The quantitative estimate of drug-likeness (QED) is 0.343. The Kier molecular flexibility index (Phi) is 8.02. The molecule has 1 aliphatic rings. The van der Waals surface area contributed by atoms with E-state index in [1.807, 2.05) is 19.9 Å². The zero-order valence-corrected chi connectivity index (χ0v) is 21.1. The lowest BCUT2D eigenvalue weighted by molar-refractivity contribution is -0.143. The van der Waals surface area contributed by atoms with Crippen molar-refractivity contribution in [3.05, 3.63) is 65.7 Å². The van der Waals surface area contributed by atoms with Crippen molar-refractivity contribution in [3.63, 3.8) is 0 Å². The second kappa shape index (κ2) is 10.8. The molecule has 2 aromatic rings. The molecule has 192 valence electrons. The fourth-order valence-electron chi connectivity index (χ4n) is 4.31. The number of rotatable bonds is 10. The van der Waals surface area contributed by atoms with Gasteiger partial charge in [0.15, 0.2) is 0 Å². The first-order valence-electron chi connectivity index (χ1n) is 12.0. The second-order valence-corrected chi connectivity index (χ2v) is 10.1. The van der Waals surface area contributed by atoms with Crippen molar-refractivity contribution in [1.82, 2.24) is 15.1 Å². The summed E-state index contributed by atoms with van der Waals surface area (Å²) in [5.74, 6) is -2.40. The van der Waals surface area contributed by atoms with Crippen LogP contribution in [-0.4, -0.2) is 56.3 Å². The standard InChI is InChI=1S/C27H34N4O5/c1-17(2)14-22(23(32)29-21(24(33)34)15-18-8-6-5-7-9-18)31-25(35)27(3,4)30(26(31)36)16-19-10-12-20(28)13-11-19/h5-13,17,21-22H,14-16,28H2,1-4H3,(H,29,32)(H,33,34). The number of carbonyl (C=O) groups excluding carboxylic acids is 3. The van der Waals surface area contributed by atoms with Crippen LogP contribution in [0.25, 0.3) is 0 Å². The average Bonchev–Trinajstić information content (AvgIpc) is 2.98. The number of nitrogens with two attached hydrogens (primary N) is 1. The van der Waals surface area contributed by atoms with Crippen molar-refractivity contribution in [1.29, 1.82) is 0 Å². The minimum absolute atomic E-state index is 0.0342. The first kappa shape index (κ1) is 26.7. The Morgan fingerprint density at radius 1 is 1.00 bits per heavy atom. The van der Waals surface area contributed by atoms with Crippen LogP contribution in [0.1, 0.15) is 45.2 Å². The molecule has 0 aliphatic carbocycles. The molecule has 0 saturated carbocycles. The maximum atomic E-state index is 13.6. The highest BCUT2D eigenvalue weighted by molar-refractivity contribution is 6.09. The Hall–Kier alpha value is -3.88. The molecular weight excluding hydrogens is 460 g/mol. The zero-order valence-electron chi connectivity index (χ0n) is 21.1. The van der Waals surface area contributed by atoms with Gasteiger partial charge in [-0.25, -0.2) is 14.5 Å². The molecule has 1 fully saturated rings. The van der Waals surface area contributed by atoms with Crippen LogP contribution < -0.4 is 11.1 Å². The van der Waals surface area contributed by atoms with Crippen molar-refractivity contribution < 1.29 is 24.3 Å². The van der Waals surface area contributed by atoms with Gasteiger partial charge in [-0.05, 0) is 49.4 Å². The first-order chi connectivity index (χ1) is 16.9. The molecule has 9 nitrogen and oxygen atoms in total. The fourth-order valence-corrected chi connectivity index (χ4v) is 4.31. The van der Waals surface area contributed by atoms with Gasteiger partial charge in [-0.1, -0.05) is 56.3 Å². The number of aliphatic carboxylic acids is 1. The van der Waals surface area contributed by atoms with Gasteiger partial charge in [0.25, 0.3) is 5.91 Å². The number of nitrogens with zero attached hydrogens (tertiary/aromatic N) is 2. The van der Waals surface area contributed by atoms with Crippen molar-refractivity contribution in [2.75, 3.05) is 5.73 Å². The number of imide groups is 1. The molecule has 4 N–H and O–H groups in total. The molecular formula is C27H34N4O5. The van der Waals surface area contributed by atoms with Crippen molar-refractivity contribution in [3.8, 4) is 0 Å². The predicted molar refractivity (Wildman–Crippen MR) is 136 cm³/mol. The number of nitrogen functional groups attached to an aromatic ring is 1. The Morgan fingerprint density at radius 3 is 2.17 bits per heavy atom. The summed E-state index contributed by atoms with van der Waals surface area (Å²) in [6, 6.07) is 13.0. The third kappa shape index (κ3) is 5.84. The Bertz CT molecular complexity index is 1110. The highest BCUT2D eigenvalue weighted by Gasteiger charge is 2.54. The van der Waals surface area contributed by atoms with Crippen LogP contribution >= 0.6 is 0 Å². The Morgan fingerprint density at radius 2 is 1.61 bits per heavy atom. The normalized spacial score (nSPS) is 16.8. The van der Waals surface area contributed by atoms with Crippen LogP contribution in [0.2, 0.25) is 0 Å². The van der Waals surface area contributed by atoms with Crippen LogP contribution in [0.3, 0.4) is 0 Å². The van der Waals surface area contributed by atoms with E-state index in [0.717, 1.165) is 16.0 Å². The summed E-state index contributed by atoms with van der Waals surface area (Å²) in [5.41, 5.74) is 6.69. The number of amides is 4. The third-order valence-corrected chi connectivity index (χ3v) is 6.38. The number of urea groups is 1. The van der Waals surface area contributed by atoms with Gasteiger partial charge in [0.2, 0.25) is 5.91 Å².